The first-order valence-corrected chi connectivity index (χ1v) is 5.93. The Hall–Kier alpha value is -0.940. The molecular formula is C11H20N4S. The SMILES string of the molecule is CCn1cc(CN(C)CC(C)C(N)=S)cn1. The molecule has 2 N–H and O–H groups in total. The summed E-state index contributed by atoms with van der Waals surface area (Å²) in [4.78, 5) is 2.79. The van der Waals surface area contributed by atoms with E-state index in [0.717, 1.165) is 19.6 Å². The standard InChI is InChI=1S/C11H20N4S/c1-4-15-8-10(5-13-15)7-14(3)6-9(2)11(12)16/h5,8-9H,4,6-7H2,1-3H3,(H2,12,16). The molecule has 1 rings (SSSR count). The molecule has 5 heteroatoms. The van der Waals surface area contributed by atoms with Gasteiger partial charge in [0.1, 0.15) is 0 Å². The highest BCUT2D eigenvalue weighted by atomic mass is 32.1. The molecule has 0 radical (unpaired) electrons. The molecule has 1 aromatic rings. The van der Waals surface area contributed by atoms with Crippen LogP contribution in [0.3, 0.4) is 0 Å². The molecule has 0 saturated heterocycles. The lowest BCUT2D eigenvalue weighted by Crippen LogP contribution is -2.31. The van der Waals surface area contributed by atoms with Crippen LogP contribution in [0.5, 0.6) is 0 Å². The van der Waals surface area contributed by atoms with E-state index in [0.29, 0.717) is 4.99 Å². The number of thiocarbonyl (C=S) groups is 1. The van der Waals surface area contributed by atoms with Crippen LogP contribution in [0.1, 0.15) is 19.4 Å². The molecule has 16 heavy (non-hydrogen) atoms. The molecule has 0 bridgehead atoms. The lowest BCUT2D eigenvalue weighted by molar-refractivity contribution is 0.307. The molecule has 0 fully saturated rings. The lowest BCUT2D eigenvalue weighted by Gasteiger charge is -2.19. The summed E-state index contributed by atoms with van der Waals surface area (Å²) >= 11 is 4.96. The Balaban J connectivity index is 2.44. The van der Waals surface area contributed by atoms with Crippen molar-refractivity contribution in [1.82, 2.24) is 14.7 Å². The van der Waals surface area contributed by atoms with Gasteiger partial charge in [-0.05, 0) is 14.0 Å². The van der Waals surface area contributed by atoms with Crippen LogP contribution >= 0.6 is 12.2 Å². The molecule has 0 aliphatic rings. The van der Waals surface area contributed by atoms with Crippen molar-refractivity contribution in [3.05, 3.63) is 18.0 Å². The summed E-state index contributed by atoms with van der Waals surface area (Å²) in [6.07, 6.45) is 3.98. The van der Waals surface area contributed by atoms with Gasteiger partial charge in [0.2, 0.25) is 0 Å². The average molecular weight is 240 g/mol. The molecule has 1 aromatic heterocycles. The van der Waals surface area contributed by atoms with Crippen molar-refractivity contribution in [3.8, 4) is 0 Å². The van der Waals surface area contributed by atoms with Crippen molar-refractivity contribution in [2.45, 2.75) is 26.9 Å². The van der Waals surface area contributed by atoms with Crippen molar-refractivity contribution < 1.29 is 0 Å². The van der Waals surface area contributed by atoms with Gasteiger partial charge in [-0.2, -0.15) is 5.10 Å². The Labute approximate surface area is 102 Å². The zero-order chi connectivity index (χ0) is 12.1. The van der Waals surface area contributed by atoms with Crippen molar-refractivity contribution in [2.24, 2.45) is 11.7 Å². The number of rotatable bonds is 6. The Morgan fingerprint density at radius 1 is 1.69 bits per heavy atom. The molecule has 1 heterocycles. The maximum atomic E-state index is 5.59. The van der Waals surface area contributed by atoms with E-state index in [1.54, 1.807) is 0 Å². The zero-order valence-electron chi connectivity index (χ0n) is 10.2. The second kappa shape index (κ2) is 5.96. The van der Waals surface area contributed by atoms with Crippen LogP contribution in [0.4, 0.5) is 0 Å². The summed E-state index contributed by atoms with van der Waals surface area (Å²) in [6.45, 7) is 6.80. The van der Waals surface area contributed by atoms with Gasteiger partial charge in [0, 0.05) is 37.3 Å². The summed E-state index contributed by atoms with van der Waals surface area (Å²) in [5.74, 6) is 0.251. The predicted molar refractivity (Wildman–Crippen MR) is 70.2 cm³/mol. The van der Waals surface area contributed by atoms with E-state index in [1.807, 2.05) is 17.8 Å². The molecule has 0 saturated carbocycles. The summed E-state index contributed by atoms with van der Waals surface area (Å²) < 4.78 is 1.93. The molecule has 0 aromatic carbocycles. The van der Waals surface area contributed by atoms with Gasteiger partial charge >= 0.3 is 0 Å². The molecule has 0 aliphatic heterocycles. The average Bonchev–Trinajstić information content (AvgIpc) is 2.65. The van der Waals surface area contributed by atoms with E-state index in [2.05, 4.69) is 30.2 Å². The van der Waals surface area contributed by atoms with E-state index < -0.39 is 0 Å². The molecule has 0 spiro atoms. The number of aryl methyl sites for hydroxylation is 1. The first kappa shape index (κ1) is 13.1. The Morgan fingerprint density at radius 3 is 2.88 bits per heavy atom. The van der Waals surface area contributed by atoms with Crippen LogP contribution in [-0.2, 0) is 13.1 Å². The topological polar surface area (TPSA) is 47.1 Å². The van der Waals surface area contributed by atoms with Gasteiger partial charge in [0.15, 0.2) is 0 Å². The van der Waals surface area contributed by atoms with Gasteiger partial charge in [-0.25, -0.2) is 0 Å². The Kier molecular flexibility index (Phi) is 4.89. The molecule has 0 amide bonds. The molecule has 0 aliphatic carbocycles. The van der Waals surface area contributed by atoms with Gasteiger partial charge in [0.25, 0.3) is 0 Å². The first-order valence-electron chi connectivity index (χ1n) is 5.52. The quantitative estimate of drug-likeness (QED) is 0.760. The van der Waals surface area contributed by atoms with Crippen LogP contribution in [-0.4, -0.2) is 33.3 Å². The third-order valence-electron chi connectivity index (χ3n) is 2.53. The zero-order valence-corrected chi connectivity index (χ0v) is 11.0. The number of hydrogen-bond donors (Lipinski definition) is 1. The van der Waals surface area contributed by atoms with Gasteiger partial charge < -0.3 is 10.6 Å². The van der Waals surface area contributed by atoms with E-state index in [4.69, 9.17) is 18.0 Å². The van der Waals surface area contributed by atoms with Crippen molar-refractivity contribution in [3.63, 3.8) is 0 Å². The summed E-state index contributed by atoms with van der Waals surface area (Å²) in [7, 11) is 2.07. The normalized spacial score (nSPS) is 13.0. The van der Waals surface area contributed by atoms with Crippen LogP contribution in [0, 0.1) is 5.92 Å². The van der Waals surface area contributed by atoms with Gasteiger partial charge in [0.05, 0.1) is 11.2 Å². The van der Waals surface area contributed by atoms with Crippen molar-refractivity contribution >= 4 is 17.2 Å². The molecule has 4 nitrogen and oxygen atoms in total. The largest absolute Gasteiger partial charge is 0.393 e. The lowest BCUT2D eigenvalue weighted by atomic mass is 10.1. The monoisotopic (exact) mass is 240 g/mol. The Morgan fingerprint density at radius 2 is 2.38 bits per heavy atom. The van der Waals surface area contributed by atoms with E-state index in [9.17, 15) is 0 Å². The van der Waals surface area contributed by atoms with Crippen LogP contribution < -0.4 is 5.73 Å². The second-order valence-corrected chi connectivity index (χ2v) is 4.68. The van der Waals surface area contributed by atoms with Crippen molar-refractivity contribution in [1.29, 1.82) is 0 Å². The summed E-state index contributed by atoms with van der Waals surface area (Å²) in [5, 5.41) is 4.24. The maximum Gasteiger partial charge on any atom is 0.0768 e. The first-order chi connectivity index (χ1) is 7.52. The fraction of sp³-hybridized carbons (Fsp3) is 0.636. The number of nitrogens with zero attached hydrogens (tertiary/aromatic N) is 3. The fourth-order valence-electron chi connectivity index (χ4n) is 1.59. The fourth-order valence-corrected chi connectivity index (χ4v) is 1.67. The van der Waals surface area contributed by atoms with E-state index >= 15 is 0 Å². The summed E-state index contributed by atoms with van der Waals surface area (Å²) in [5.41, 5.74) is 6.81. The van der Waals surface area contributed by atoms with E-state index in [-0.39, 0.29) is 5.92 Å². The molecule has 1 atom stereocenters. The molecule has 90 valence electrons. The van der Waals surface area contributed by atoms with Crippen LogP contribution in [0.25, 0.3) is 0 Å². The van der Waals surface area contributed by atoms with Crippen LogP contribution in [0.15, 0.2) is 12.4 Å². The minimum absolute atomic E-state index is 0.251. The summed E-state index contributed by atoms with van der Waals surface area (Å²) in [6, 6.07) is 0. The number of nitrogens with two attached hydrogens (primary N) is 1. The Bertz CT molecular complexity index is 348. The van der Waals surface area contributed by atoms with Gasteiger partial charge in [-0.15, -0.1) is 0 Å². The number of aromatic nitrogens is 2. The van der Waals surface area contributed by atoms with E-state index in [1.165, 1.54) is 5.56 Å². The third kappa shape index (κ3) is 3.90. The molecular weight excluding hydrogens is 220 g/mol. The second-order valence-electron chi connectivity index (χ2n) is 4.20. The van der Waals surface area contributed by atoms with Gasteiger partial charge in [-0.1, -0.05) is 19.1 Å². The molecule has 1 unspecified atom stereocenters. The highest BCUT2D eigenvalue weighted by molar-refractivity contribution is 7.80. The van der Waals surface area contributed by atoms with Gasteiger partial charge in [-0.3, -0.25) is 4.68 Å². The van der Waals surface area contributed by atoms with Crippen molar-refractivity contribution in [2.75, 3.05) is 13.6 Å². The minimum atomic E-state index is 0.251. The number of hydrogen-bond acceptors (Lipinski definition) is 3. The predicted octanol–water partition coefficient (Wildman–Crippen LogP) is 1.26. The maximum absolute atomic E-state index is 5.59. The highest BCUT2D eigenvalue weighted by Gasteiger charge is 2.09. The minimum Gasteiger partial charge on any atom is -0.393 e. The highest BCUT2D eigenvalue weighted by Crippen LogP contribution is 2.05. The smallest absolute Gasteiger partial charge is 0.0768 e. The van der Waals surface area contributed by atoms with Crippen LogP contribution in [0.2, 0.25) is 0 Å². The third-order valence-corrected chi connectivity index (χ3v) is 2.94.